The van der Waals surface area contributed by atoms with Crippen molar-refractivity contribution in [2.75, 3.05) is 0 Å². The van der Waals surface area contributed by atoms with Crippen LogP contribution >= 0.6 is 0 Å². The Kier molecular flexibility index (Phi) is 3.08. The number of alkyl halides is 3. The predicted molar refractivity (Wildman–Crippen MR) is 45.9 cm³/mol. The van der Waals surface area contributed by atoms with Gasteiger partial charge in [-0.1, -0.05) is 0 Å². The summed E-state index contributed by atoms with van der Waals surface area (Å²) in [5, 5.41) is 8.28. The Labute approximate surface area is 82.9 Å². The van der Waals surface area contributed by atoms with Crippen LogP contribution in [-0.4, -0.2) is 16.1 Å². The molecule has 80 valence electrons. The van der Waals surface area contributed by atoms with Gasteiger partial charge in [-0.15, -0.1) is 0 Å². The number of pyridine rings is 1. The van der Waals surface area contributed by atoms with Crippen molar-refractivity contribution >= 4 is 12.0 Å². The van der Waals surface area contributed by atoms with Crippen molar-refractivity contribution in [3.63, 3.8) is 0 Å². The van der Waals surface area contributed by atoms with E-state index in [1.165, 1.54) is 6.07 Å². The highest BCUT2D eigenvalue weighted by Gasteiger charge is 2.32. The molecule has 0 atom stereocenters. The van der Waals surface area contributed by atoms with Gasteiger partial charge in [0, 0.05) is 12.3 Å². The van der Waals surface area contributed by atoms with Crippen molar-refractivity contribution < 1.29 is 23.1 Å². The van der Waals surface area contributed by atoms with Crippen molar-refractivity contribution in [1.82, 2.24) is 4.98 Å². The molecule has 0 spiro atoms. The molecule has 0 saturated heterocycles. The smallest absolute Gasteiger partial charge is 0.433 e. The molecule has 0 aliphatic heterocycles. The summed E-state index contributed by atoms with van der Waals surface area (Å²) in [6.45, 7) is 0. The maximum absolute atomic E-state index is 12.2. The minimum absolute atomic E-state index is 0.139. The molecule has 1 aromatic rings. The number of hydrogen-bond acceptors (Lipinski definition) is 2. The van der Waals surface area contributed by atoms with E-state index in [-0.39, 0.29) is 5.56 Å². The molecule has 1 rings (SSSR count). The van der Waals surface area contributed by atoms with Gasteiger partial charge < -0.3 is 5.11 Å². The molecule has 0 amide bonds. The van der Waals surface area contributed by atoms with E-state index in [1.54, 1.807) is 0 Å². The monoisotopic (exact) mass is 217 g/mol. The molecule has 0 aliphatic rings. The molecule has 0 fully saturated rings. The van der Waals surface area contributed by atoms with Crippen molar-refractivity contribution in [2.45, 2.75) is 6.18 Å². The number of aromatic nitrogens is 1. The van der Waals surface area contributed by atoms with Crippen LogP contribution in [0.3, 0.4) is 0 Å². The molecule has 1 heterocycles. The lowest BCUT2D eigenvalue weighted by atomic mass is 10.2. The molecule has 0 saturated carbocycles. The highest BCUT2D eigenvalue weighted by atomic mass is 19.4. The topological polar surface area (TPSA) is 50.2 Å². The molecule has 0 bridgehead atoms. The van der Waals surface area contributed by atoms with E-state index >= 15 is 0 Å². The largest absolute Gasteiger partial charge is 0.478 e. The van der Waals surface area contributed by atoms with Gasteiger partial charge in [0.2, 0.25) is 0 Å². The molecule has 1 aromatic heterocycles. The van der Waals surface area contributed by atoms with E-state index in [0.717, 1.165) is 24.4 Å². The quantitative estimate of drug-likeness (QED) is 0.772. The van der Waals surface area contributed by atoms with Gasteiger partial charge in [-0.2, -0.15) is 13.2 Å². The summed E-state index contributed by atoms with van der Waals surface area (Å²) in [7, 11) is 0. The Hall–Kier alpha value is -1.85. The molecule has 0 radical (unpaired) electrons. The SMILES string of the molecule is O=C(O)C=Cc1ccnc(C(F)(F)F)c1. The van der Waals surface area contributed by atoms with Crippen LogP contribution in [0.5, 0.6) is 0 Å². The van der Waals surface area contributed by atoms with Crippen LogP contribution in [0.25, 0.3) is 6.08 Å². The van der Waals surface area contributed by atoms with Crippen LogP contribution in [0.4, 0.5) is 13.2 Å². The van der Waals surface area contributed by atoms with Crippen molar-refractivity contribution in [3.8, 4) is 0 Å². The van der Waals surface area contributed by atoms with Crippen molar-refractivity contribution in [2.24, 2.45) is 0 Å². The molecule has 1 N–H and O–H groups in total. The van der Waals surface area contributed by atoms with E-state index < -0.39 is 17.8 Å². The Morgan fingerprint density at radius 1 is 1.47 bits per heavy atom. The molecule has 0 aliphatic carbocycles. The summed E-state index contributed by atoms with van der Waals surface area (Å²) in [6, 6.07) is 2.06. The lowest BCUT2D eigenvalue weighted by Crippen LogP contribution is -2.07. The number of halogens is 3. The number of rotatable bonds is 2. The molecule has 3 nitrogen and oxygen atoms in total. The highest BCUT2D eigenvalue weighted by Crippen LogP contribution is 2.27. The Balaban J connectivity index is 2.98. The summed E-state index contributed by atoms with van der Waals surface area (Å²) in [6.07, 6.45) is -1.72. The lowest BCUT2D eigenvalue weighted by Gasteiger charge is -2.05. The average molecular weight is 217 g/mol. The van der Waals surface area contributed by atoms with Crippen LogP contribution in [-0.2, 0) is 11.0 Å². The number of carboxylic acid groups (broad SMARTS) is 1. The molecule has 6 heteroatoms. The van der Waals surface area contributed by atoms with E-state index in [9.17, 15) is 18.0 Å². The minimum Gasteiger partial charge on any atom is -0.478 e. The number of carboxylic acids is 1. The van der Waals surface area contributed by atoms with Crippen molar-refractivity contribution in [3.05, 3.63) is 35.7 Å². The van der Waals surface area contributed by atoms with Crippen LogP contribution in [0, 0.1) is 0 Å². The fourth-order valence-corrected chi connectivity index (χ4v) is 0.873. The van der Waals surface area contributed by atoms with Gasteiger partial charge in [-0.25, -0.2) is 4.79 Å². The Bertz CT molecular complexity index is 399. The summed E-state index contributed by atoms with van der Waals surface area (Å²) >= 11 is 0. The minimum atomic E-state index is -4.52. The zero-order valence-electron chi connectivity index (χ0n) is 7.32. The molecule has 0 aromatic carbocycles. The van der Waals surface area contributed by atoms with Crippen LogP contribution in [0.15, 0.2) is 24.4 Å². The second kappa shape index (κ2) is 4.12. The molecule has 0 unspecified atom stereocenters. The van der Waals surface area contributed by atoms with Crippen LogP contribution in [0.2, 0.25) is 0 Å². The first-order valence-electron chi connectivity index (χ1n) is 3.84. The number of carbonyl (C=O) groups is 1. The second-order valence-electron chi connectivity index (χ2n) is 2.64. The summed E-state index contributed by atoms with van der Waals surface area (Å²) in [4.78, 5) is 13.3. The second-order valence-corrected chi connectivity index (χ2v) is 2.64. The van der Waals surface area contributed by atoms with E-state index in [4.69, 9.17) is 5.11 Å². The average Bonchev–Trinajstić information content (AvgIpc) is 2.14. The van der Waals surface area contributed by atoms with Gasteiger partial charge in [-0.05, 0) is 23.8 Å². The third kappa shape index (κ3) is 3.41. The highest BCUT2D eigenvalue weighted by molar-refractivity contribution is 5.85. The molecular weight excluding hydrogens is 211 g/mol. The van der Waals surface area contributed by atoms with E-state index in [1.807, 2.05) is 0 Å². The van der Waals surface area contributed by atoms with Gasteiger partial charge >= 0.3 is 12.1 Å². The summed E-state index contributed by atoms with van der Waals surface area (Å²) < 4.78 is 36.5. The molecule has 15 heavy (non-hydrogen) atoms. The summed E-state index contributed by atoms with van der Waals surface area (Å²) in [5.41, 5.74) is -0.908. The van der Waals surface area contributed by atoms with Crippen LogP contribution in [0.1, 0.15) is 11.3 Å². The van der Waals surface area contributed by atoms with Gasteiger partial charge in [0.1, 0.15) is 5.69 Å². The fourth-order valence-electron chi connectivity index (χ4n) is 0.873. The Morgan fingerprint density at radius 3 is 2.67 bits per heavy atom. The lowest BCUT2D eigenvalue weighted by molar-refractivity contribution is -0.141. The third-order valence-corrected chi connectivity index (χ3v) is 1.49. The van der Waals surface area contributed by atoms with E-state index in [2.05, 4.69) is 4.98 Å². The first kappa shape index (κ1) is 11.2. The number of hydrogen-bond donors (Lipinski definition) is 1. The standard InChI is InChI=1S/C9H6F3NO2/c10-9(11,12)7-5-6(3-4-13-7)1-2-8(14)15/h1-5H,(H,14,15). The Morgan fingerprint density at radius 2 is 2.13 bits per heavy atom. The number of aliphatic carboxylic acids is 1. The summed E-state index contributed by atoms with van der Waals surface area (Å²) in [5.74, 6) is -1.22. The first-order valence-corrected chi connectivity index (χ1v) is 3.84. The maximum Gasteiger partial charge on any atom is 0.433 e. The number of nitrogens with zero attached hydrogens (tertiary/aromatic N) is 1. The van der Waals surface area contributed by atoms with E-state index in [0.29, 0.717) is 0 Å². The van der Waals surface area contributed by atoms with Crippen molar-refractivity contribution in [1.29, 1.82) is 0 Å². The van der Waals surface area contributed by atoms with Gasteiger partial charge in [0.05, 0.1) is 0 Å². The van der Waals surface area contributed by atoms with Gasteiger partial charge in [0.15, 0.2) is 0 Å². The first-order chi connectivity index (χ1) is 6.89. The predicted octanol–water partition coefficient (Wildman–Crippen LogP) is 2.20. The van der Waals surface area contributed by atoms with Gasteiger partial charge in [0.25, 0.3) is 0 Å². The van der Waals surface area contributed by atoms with Crippen LogP contribution < -0.4 is 0 Å². The third-order valence-electron chi connectivity index (χ3n) is 1.49. The fraction of sp³-hybridized carbons (Fsp3) is 0.111. The molecular formula is C9H6F3NO2. The van der Waals surface area contributed by atoms with Gasteiger partial charge in [-0.3, -0.25) is 4.98 Å². The maximum atomic E-state index is 12.2. The zero-order valence-corrected chi connectivity index (χ0v) is 7.32. The normalized spacial score (nSPS) is 11.9. The zero-order chi connectivity index (χ0) is 11.5.